The standard InChI is InChI=1S/C20H20N6O6S/c1-24-18-17(19(28)25(2)20(24)29)26(12-21-18)11-16(27)23-13-5-7-15(8-6-13)33(30,31)22-10-14-4-3-9-32-14/h3-9,12,22H,10-11H2,1-2H3,(H,23,27). The third kappa shape index (κ3) is 4.36. The van der Waals surface area contributed by atoms with Crippen LogP contribution in [0.1, 0.15) is 5.76 Å². The topological polar surface area (TPSA) is 150 Å². The van der Waals surface area contributed by atoms with Crippen molar-refractivity contribution in [2.45, 2.75) is 18.0 Å². The molecule has 12 nitrogen and oxygen atoms in total. The van der Waals surface area contributed by atoms with Crippen LogP contribution in [0.4, 0.5) is 5.69 Å². The van der Waals surface area contributed by atoms with Gasteiger partial charge in [-0.2, -0.15) is 0 Å². The van der Waals surface area contributed by atoms with E-state index in [9.17, 15) is 22.8 Å². The van der Waals surface area contributed by atoms with Crippen molar-refractivity contribution in [3.05, 3.63) is 75.6 Å². The highest BCUT2D eigenvalue weighted by molar-refractivity contribution is 7.89. The molecule has 0 bridgehead atoms. The van der Waals surface area contributed by atoms with Crippen LogP contribution in [0.5, 0.6) is 0 Å². The van der Waals surface area contributed by atoms with E-state index in [0.29, 0.717) is 11.4 Å². The van der Waals surface area contributed by atoms with Gasteiger partial charge in [-0.05, 0) is 36.4 Å². The minimum absolute atomic E-state index is 0.0116. The zero-order valence-electron chi connectivity index (χ0n) is 17.7. The highest BCUT2D eigenvalue weighted by Gasteiger charge is 2.17. The Labute approximate surface area is 187 Å². The van der Waals surface area contributed by atoms with Crippen LogP contribution < -0.4 is 21.3 Å². The first kappa shape index (κ1) is 22.2. The third-order valence-corrected chi connectivity index (χ3v) is 6.41. The van der Waals surface area contributed by atoms with Gasteiger partial charge in [-0.15, -0.1) is 0 Å². The van der Waals surface area contributed by atoms with Crippen LogP contribution in [0, 0.1) is 0 Å². The van der Waals surface area contributed by atoms with Crippen LogP contribution in [0.25, 0.3) is 11.2 Å². The number of rotatable bonds is 7. The van der Waals surface area contributed by atoms with Crippen LogP contribution >= 0.6 is 0 Å². The molecule has 0 aliphatic rings. The van der Waals surface area contributed by atoms with E-state index < -0.39 is 27.2 Å². The molecule has 4 aromatic rings. The van der Waals surface area contributed by atoms with E-state index in [-0.39, 0.29) is 29.1 Å². The number of fused-ring (bicyclic) bond motifs is 1. The second kappa shape index (κ2) is 8.52. The van der Waals surface area contributed by atoms with Gasteiger partial charge in [0.2, 0.25) is 15.9 Å². The molecule has 3 heterocycles. The Bertz CT molecular complexity index is 1550. The van der Waals surface area contributed by atoms with Gasteiger partial charge < -0.3 is 14.3 Å². The minimum atomic E-state index is -3.76. The van der Waals surface area contributed by atoms with E-state index in [1.807, 2.05) is 0 Å². The molecule has 0 saturated heterocycles. The second-order valence-electron chi connectivity index (χ2n) is 7.23. The highest BCUT2D eigenvalue weighted by Crippen LogP contribution is 2.15. The van der Waals surface area contributed by atoms with E-state index in [0.717, 1.165) is 4.57 Å². The van der Waals surface area contributed by atoms with Gasteiger partial charge in [0.1, 0.15) is 12.3 Å². The molecule has 3 aromatic heterocycles. The molecule has 0 saturated carbocycles. The number of nitrogens with zero attached hydrogens (tertiary/aromatic N) is 4. The van der Waals surface area contributed by atoms with E-state index in [2.05, 4.69) is 15.0 Å². The fourth-order valence-corrected chi connectivity index (χ4v) is 4.25. The number of furan rings is 1. The van der Waals surface area contributed by atoms with Crippen molar-refractivity contribution < 1.29 is 17.6 Å². The number of imidazole rings is 1. The number of hydrogen-bond donors (Lipinski definition) is 2. The molecule has 4 rings (SSSR count). The normalized spacial score (nSPS) is 11.7. The Morgan fingerprint density at radius 1 is 1.09 bits per heavy atom. The lowest BCUT2D eigenvalue weighted by Crippen LogP contribution is -2.37. The second-order valence-corrected chi connectivity index (χ2v) is 8.99. The van der Waals surface area contributed by atoms with Crippen molar-refractivity contribution >= 4 is 32.8 Å². The van der Waals surface area contributed by atoms with Crippen molar-refractivity contribution in [1.82, 2.24) is 23.4 Å². The summed E-state index contributed by atoms with van der Waals surface area (Å²) in [5, 5.41) is 2.64. The number of hydrogen-bond acceptors (Lipinski definition) is 7. The Kier molecular flexibility index (Phi) is 5.74. The average Bonchev–Trinajstić information content (AvgIpc) is 3.45. The fourth-order valence-electron chi connectivity index (χ4n) is 3.25. The molecule has 1 amide bonds. The molecule has 0 unspecified atom stereocenters. The lowest BCUT2D eigenvalue weighted by molar-refractivity contribution is -0.116. The monoisotopic (exact) mass is 472 g/mol. The highest BCUT2D eigenvalue weighted by atomic mass is 32.2. The van der Waals surface area contributed by atoms with Crippen LogP contribution in [-0.2, 0) is 42.0 Å². The van der Waals surface area contributed by atoms with Gasteiger partial charge in [-0.1, -0.05) is 0 Å². The molecule has 2 N–H and O–H groups in total. The first-order valence-corrected chi connectivity index (χ1v) is 11.2. The van der Waals surface area contributed by atoms with Crippen molar-refractivity contribution in [3.63, 3.8) is 0 Å². The summed E-state index contributed by atoms with van der Waals surface area (Å²) in [6.07, 6.45) is 2.76. The molecule has 0 radical (unpaired) electrons. The summed E-state index contributed by atoms with van der Waals surface area (Å²) in [7, 11) is -0.929. The molecular weight excluding hydrogens is 452 g/mol. The SMILES string of the molecule is Cn1c(=O)c2c(ncn2CC(=O)Nc2ccc(S(=O)(=O)NCc3ccco3)cc2)n(C)c1=O. The average molecular weight is 472 g/mol. The van der Waals surface area contributed by atoms with Crippen molar-refractivity contribution in [2.24, 2.45) is 14.1 Å². The summed E-state index contributed by atoms with van der Waals surface area (Å²) in [5.41, 5.74) is -0.410. The van der Waals surface area contributed by atoms with E-state index >= 15 is 0 Å². The third-order valence-electron chi connectivity index (χ3n) is 5.00. The number of anilines is 1. The van der Waals surface area contributed by atoms with Gasteiger partial charge in [-0.25, -0.2) is 22.9 Å². The molecule has 172 valence electrons. The Morgan fingerprint density at radius 2 is 1.82 bits per heavy atom. The van der Waals surface area contributed by atoms with Crippen LogP contribution in [0.2, 0.25) is 0 Å². The molecule has 0 spiro atoms. The molecule has 0 fully saturated rings. The summed E-state index contributed by atoms with van der Waals surface area (Å²) in [4.78, 5) is 41.1. The summed E-state index contributed by atoms with van der Waals surface area (Å²) >= 11 is 0. The van der Waals surface area contributed by atoms with Crippen LogP contribution in [0.3, 0.4) is 0 Å². The quantitative estimate of drug-likeness (QED) is 0.388. The number of benzene rings is 1. The number of aromatic nitrogens is 4. The van der Waals surface area contributed by atoms with Gasteiger partial charge in [0.05, 0.1) is 24.0 Å². The molecule has 13 heteroatoms. The summed E-state index contributed by atoms with van der Waals surface area (Å²) in [5.74, 6) is 0.0149. The van der Waals surface area contributed by atoms with E-state index in [4.69, 9.17) is 4.42 Å². The lowest BCUT2D eigenvalue weighted by atomic mass is 10.3. The first-order chi connectivity index (χ1) is 15.7. The molecular formula is C20H20N6O6S. The fraction of sp³-hybridized carbons (Fsp3) is 0.200. The maximum absolute atomic E-state index is 12.5. The molecule has 0 aliphatic carbocycles. The zero-order chi connectivity index (χ0) is 23.8. The number of aryl methyl sites for hydroxylation is 1. The molecule has 1 aromatic carbocycles. The van der Waals surface area contributed by atoms with Gasteiger partial charge in [0.15, 0.2) is 11.2 Å². The predicted molar refractivity (Wildman–Crippen MR) is 118 cm³/mol. The Morgan fingerprint density at radius 3 is 2.48 bits per heavy atom. The van der Waals surface area contributed by atoms with Gasteiger partial charge in [-0.3, -0.25) is 18.7 Å². The Balaban J connectivity index is 1.46. The van der Waals surface area contributed by atoms with Crippen molar-refractivity contribution in [1.29, 1.82) is 0 Å². The summed E-state index contributed by atoms with van der Waals surface area (Å²) in [6, 6.07) is 8.94. The molecule has 0 aliphatic heterocycles. The number of nitrogens with one attached hydrogen (secondary N) is 2. The van der Waals surface area contributed by atoms with Crippen LogP contribution in [0.15, 0.2) is 67.9 Å². The van der Waals surface area contributed by atoms with Gasteiger partial charge >= 0.3 is 5.69 Å². The number of amides is 1. The largest absolute Gasteiger partial charge is 0.468 e. The number of carbonyl (C=O) groups is 1. The Hall–Kier alpha value is -3.97. The van der Waals surface area contributed by atoms with Gasteiger partial charge in [0, 0.05) is 19.8 Å². The van der Waals surface area contributed by atoms with E-state index in [1.54, 1.807) is 12.1 Å². The van der Waals surface area contributed by atoms with Crippen molar-refractivity contribution in [2.75, 3.05) is 5.32 Å². The smallest absolute Gasteiger partial charge is 0.332 e. The number of carbonyl (C=O) groups excluding carboxylic acids is 1. The summed E-state index contributed by atoms with van der Waals surface area (Å²) < 4.78 is 35.9. The minimum Gasteiger partial charge on any atom is -0.468 e. The lowest BCUT2D eigenvalue weighted by Gasteiger charge is -2.09. The predicted octanol–water partition coefficient (Wildman–Crippen LogP) is 0.144. The molecule has 0 atom stereocenters. The number of sulfonamides is 1. The summed E-state index contributed by atoms with van der Waals surface area (Å²) in [6.45, 7) is -0.216. The van der Waals surface area contributed by atoms with E-state index in [1.165, 1.54) is 60.1 Å². The van der Waals surface area contributed by atoms with Crippen LogP contribution in [-0.4, -0.2) is 33.0 Å². The maximum Gasteiger partial charge on any atom is 0.332 e. The zero-order valence-corrected chi connectivity index (χ0v) is 18.5. The maximum atomic E-state index is 12.5. The van der Waals surface area contributed by atoms with Crippen molar-refractivity contribution in [3.8, 4) is 0 Å². The van der Waals surface area contributed by atoms with Gasteiger partial charge in [0.25, 0.3) is 5.56 Å². The first-order valence-electron chi connectivity index (χ1n) is 9.70. The molecule has 33 heavy (non-hydrogen) atoms.